The van der Waals surface area contributed by atoms with Gasteiger partial charge in [-0.2, -0.15) is 0 Å². The van der Waals surface area contributed by atoms with E-state index < -0.39 is 35.6 Å². The Morgan fingerprint density at radius 2 is 1.62 bits per heavy atom. The van der Waals surface area contributed by atoms with Crippen molar-refractivity contribution in [1.82, 2.24) is 21.3 Å². The van der Waals surface area contributed by atoms with E-state index in [2.05, 4.69) is 21.3 Å². The third kappa shape index (κ3) is 7.12. The monoisotopic (exact) mass is 570 g/mol. The summed E-state index contributed by atoms with van der Waals surface area (Å²) in [6.07, 6.45) is 6.22. The van der Waals surface area contributed by atoms with Crippen molar-refractivity contribution in [2.75, 3.05) is 6.54 Å². The number of carbonyl (C=O) groups excluding carboxylic acids is 5. The van der Waals surface area contributed by atoms with Crippen molar-refractivity contribution in [3.63, 3.8) is 0 Å². The van der Waals surface area contributed by atoms with Crippen LogP contribution in [-0.4, -0.2) is 54.1 Å². The zero-order valence-corrected chi connectivity index (χ0v) is 23.2. The van der Waals surface area contributed by atoms with Gasteiger partial charge in [0.15, 0.2) is 5.76 Å². The average Bonchev–Trinajstić information content (AvgIpc) is 3.63. The van der Waals surface area contributed by atoms with Gasteiger partial charge in [0.25, 0.3) is 11.8 Å². The van der Waals surface area contributed by atoms with Gasteiger partial charge < -0.3 is 25.7 Å². The molecule has 1 fully saturated rings. The lowest BCUT2D eigenvalue weighted by Gasteiger charge is -2.25. The molecule has 0 bridgehead atoms. The second-order valence-electron chi connectivity index (χ2n) is 10.7. The number of furan rings is 1. The molecule has 10 heteroatoms. The first-order chi connectivity index (χ1) is 20.4. The molecule has 2 atom stereocenters. The van der Waals surface area contributed by atoms with E-state index in [4.69, 9.17) is 4.42 Å². The van der Waals surface area contributed by atoms with Gasteiger partial charge in [-0.05, 0) is 30.5 Å². The molecule has 0 saturated heterocycles. The normalized spacial score (nSPS) is 16.7. The molecular weight excluding hydrogens is 536 g/mol. The lowest BCUT2D eigenvalue weighted by atomic mass is 9.94. The highest BCUT2D eigenvalue weighted by atomic mass is 16.3. The van der Waals surface area contributed by atoms with E-state index in [1.54, 1.807) is 24.3 Å². The predicted octanol–water partition coefficient (Wildman–Crippen LogP) is 2.72. The number of benzene rings is 2. The van der Waals surface area contributed by atoms with E-state index in [9.17, 15) is 24.0 Å². The number of carbonyl (C=O) groups is 5. The van der Waals surface area contributed by atoms with Crippen molar-refractivity contribution in [3.05, 3.63) is 83.6 Å². The first-order valence-corrected chi connectivity index (χ1v) is 14.3. The molecular formula is C32H34N4O6. The van der Waals surface area contributed by atoms with Crippen molar-refractivity contribution in [2.24, 2.45) is 0 Å². The molecule has 10 nitrogen and oxygen atoms in total. The van der Waals surface area contributed by atoms with Gasteiger partial charge in [-0.25, -0.2) is 0 Å². The number of amides is 4. The Bertz CT molecular complexity index is 1470. The Labute approximate surface area is 243 Å². The first kappa shape index (κ1) is 28.8. The summed E-state index contributed by atoms with van der Waals surface area (Å²) >= 11 is 0. The van der Waals surface area contributed by atoms with Crippen LogP contribution in [0.2, 0.25) is 0 Å². The molecule has 2 aliphatic rings. The van der Waals surface area contributed by atoms with Crippen LogP contribution in [-0.2, 0) is 25.6 Å². The summed E-state index contributed by atoms with van der Waals surface area (Å²) in [6, 6.07) is 15.4. The van der Waals surface area contributed by atoms with Gasteiger partial charge in [-0.3, -0.25) is 24.0 Å². The summed E-state index contributed by atoms with van der Waals surface area (Å²) in [7, 11) is 0. The number of para-hydroxylation sites is 1. The molecule has 2 aromatic carbocycles. The number of hydrogen-bond donors (Lipinski definition) is 4. The Morgan fingerprint density at radius 3 is 2.33 bits per heavy atom. The zero-order valence-electron chi connectivity index (χ0n) is 23.2. The van der Waals surface area contributed by atoms with E-state index in [1.165, 1.54) is 0 Å². The fraction of sp³-hybridized carbons (Fsp3) is 0.344. The van der Waals surface area contributed by atoms with Crippen LogP contribution >= 0.6 is 0 Å². The molecule has 1 aromatic heterocycles. The van der Waals surface area contributed by atoms with E-state index in [1.807, 2.05) is 42.5 Å². The molecule has 42 heavy (non-hydrogen) atoms. The highest BCUT2D eigenvalue weighted by Gasteiger charge is 2.34. The van der Waals surface area contributed by atoms with Crippen LogP contribution in [0.3, 0.4) is 0 Å². The molecule has 1 saturated carbocycles. The predicted molar refractivity (Wildman–Crippen MR) is 155 cm³/mol. The van der Waals surface area contributed by atoms with Crippen LogP contribution in [0.4, 0.5) is 0 Å². The number of nitrogens with one attached hydrogen (secondary N) is 4. The standard InChI is InChI=1S/C32H34N4O6/c37-28(32(41)34-23-12-5-2-6-13-23)24(18-22-15-16-33-29(22)38)35-30(39)25(17-20-9-3-1-4-10-20)36-31(40)27-19-21-11-7-8-14-26(21)42-27/h1,3-4,7-11,14-15,19,23-25H,2,5-6,12-13,16-18H2,(H,33,38)(H,34,41)(H,35,39)(H,36,40)/t24-,25-/m0/s1. The smallest absolute Gasteiger partial charge is 0.289 e. The average molecular weight is 571 g/mol. The van der Waals surface area contributed by atoms with Gasteiger partial charge in [-0.15, -0.1) is 0 Å². The lowest BCUT2D eigenvalue weighted by Crippen LogP contribution is -2.55. The fourth-order valence-corrected chi connectivity index (χ4v) is 5.39. The highest BCUT2D eigenvalue weighted by molar-refractivity contribution is 6.38. The number of rotatable bonds is 11. The molecule has 0 spiro atoms. The maximum atomic E-state index is 13.7. The Balaban J connectivity index is 1.35. The SMILES string of the molecule is O=C(NC1CCCCC1)C(=O)[C@H](CC1=CCNC1=O)NC(=O)[C@H](Cc1ccccc1)NC(=O)c1cc2ccccc2o1. The largest absolute Gasteiger partial charge is 0.451 e. The van der Waals surface area contributed by atoms with Gasteiger partial charge >= 0.3 is 0 Å². The van der Waals surface area contributed by atoms with Crippen molar-refractivity contribution in [3.8, 4) is 0 Å². The summed E-state index contributed by atoms with van der Waals surface area (Å²) in [4.78, 5) is 65.6. The first-order valence-electron chi connectivity index (χ1n) is 14.3. The Morgan fingerprint density at radius 1 is 0.881 bits per heavy atom. The van der Waals surface area contributed by atoms with Crippen LogP contribution < -0.4 is 21.3 Å². The van der Waals surface area contributed by atoms with Crippen LogP contribution in [0, 0.1) is 0 Å². The number of ketones is 1. The Hall–Kier alpha value is -4.73. The van der Waals surface area contributed by atoms with Gasteiger partial charge in [0.2, 0.25) is 17.6 Å². The zero-order chi connectivity index (χ0) is 29.5. The quantitative estimate of drug-likeness (QED) is 0.261. The summed E-state index contributed by atoms with van der Waals surface area (Å²) in [5.41, 5.74) is 1.62. The van der Waals surface area contributed by atoms with Crippen LogP contribution in [0.5, 0.6) is 0 Å². The lowest BCUT2D eigenvalue weighted by molar-refractivity contribution is -0.140. The molecule has 3 aromatic rings. The van der Waals surface area contributed by atoms with E-state index in [0.29, 0.717) is 17.7 Å². The molecule has 4 N–H and O–H groups in total. The van der Waals surface area contributed by atoms with Gasteiger partial charge in [-0.1, -0.05) is 73.9 Å². The maximum absolute atomic E-state index is 13.7. The summed E-state index contributed by atoms with van der Waals surface area (Å²) in [5.74, 6) is -3.21. The van der Waals surface area contributed by atoms with Gasteiger partial charge in [0.1, 0.15) is 17.7 Å². The molecule has 1 aliphatic carbocycles. The van der Waals surface area contributed by atoms with Crippen LogP contribution in [0.1, 0.15) is 54.6 Å². The van der Waals surface area contributed by atoms with Crippen LogP contribution in [0.15, 0.2) is 76.7 Å². The molecule has 2 heterocycles. The topological polar surface area (TPSA) is 147 Å². The minimum absolute atomic E-state index is 0.0364. The van der Waals surface area contributed by atoms with Crippen molar-refractivity contribution >= 4 is 40.4 Å². The molecule has 218 valence electrons. The van der Waals surface area contributed by atoms with Gasteiger partial charge in [0, 0.05) is 36.4 Å². The molecule has 4 amide bonds. The molecule has 5 rings (SSSR count). The summed E-state index contributed by atoms with van der Waals surface area (Å²) < 4.78 is 5.68. The summed E-state index contributed by atoms with van der Waals surface area (Å²) in [5, 5.41) is 11.6. The van der Waals surface area contributed by atoms with E-state index in [-0.39, 0.29) is 30.6 Å². The minimum atomic E-state index is -1.29. The molecule has 1 aliphatic heterocycles. The minimum Gasteiger partial charge on any atom is -0.451 e. The number of fused-ring (bicyclic) bond motifs is 1. The maximum Gasteiger partial charge on any atom is 0.289 e. The van der Waals surface area contributed by atoms with Gasteiger partial charge in [0.05, 0.1) is 0 Å². The van der Waals surface area contributed by atoms with Crippen molar-refractivity contribution in [2.45, 2.75) is 63.1 Å². The van der Waals surface area contributed by atoms with Crippen molar-refractivity contribution in [1.29, 1.82) is 0 Å². The number of hydrogen-bond acceptors (Lipinski definition) is 6. The fourth-order valence-electron chi connectivity index (χ4n) is 5.39. The second-order valence-corrected chi connectivity index (χ2v) is 10.7. The van der Waals surface area contributed by atoms with Crippen LogP contribution in [0.25, 0.3) is 11.0 Å². The Kier molecular flexibility index (Phi) is 9.11. The van der Waals surface area contributed by atoms with E-state index >= 15 is 0 Å². The molecule has 0 unspecified atom stereocenters. The number of Topliss-reactive ketones (excluding diaryl/α,β-unsaturated/α-hetero) is 1. The third-order valence-corrected chi connectivity index (χ3v) is 7.68. The van der Waals surface area contributed by atoms with E-state index in [0.717, 1.165) is 43.1 Å². The third-order valence-electron chi connectivity index (χ3n) is 7.68. The molecule has 0 radical (unpaired) electrons. The second kappa shape index (κ2) is 13.3. The summed E-state index contributed by atoms with van der Waals surface area (Å²) in [6.45, 7) is 0.307. The highest BCUT2D eigenvalue weighted by Crippen LogP contribution is 2.20. The van der Waals surface area contributed by atoms with Crippen molar-refractivity contribution < 1.29 is 28.4 Å².